The van der Waals surface area contributed by atoms with Crippen LogP contribution in [0.1, 0.15) is 0 Å². The molecule has 5 aromatic rings. The van der Waals surface area contributed by atoms with Gasteiger partial charge in [-0.2, -0.15) is 0 Å². The Morgan fingerprint density at radius 1 is 0.786 bits per heavy atom. The van der Waals surface area contributed by atoms with E-state index in [2.05, 4.69) is 0 Å². The van der Waals surface area contributed by atoms with Crippen molar-refractivity contribution in [3.05, 3.63) is 82.9 Å². The second-order valence-corrected chi connectivity index (χ2v) is 6.49. The van der Waals surface area contributed by atoms with Crippen molar-refractivity contribution in [2.75, 3.05) is 0 Å². The molecule has 0 saturated carbocycles. The second-order valence-electron chi connectivity index (χ2n) is 6.49. The molecule has 4 aromatic carbocycles. The molecule has 1 heterocycles. The maximum Gasteiger partial charge on any atom is 0.270 e. The first-order valence-corrected chi connectivity index (χ1v) is 8.68. The van der Waals surface area contributed by atoms with Crippen LogP contribution in [0.2, 0.25) is 0 Å². The number of nitrogens with zero attached hydrogens (tertiary/aromatic N) is 3. The van der Waals surface area contributed by atoms with Gasteiger partial charge in [0.2, 0.25) is 0 Å². The number of rotatable bonds is 2. The third-order valence-electron chi connectivity index (χ3n) is 4.83. The van der Waals surface area contributed by atoms with Gasteiger partial charge in [0.25, 0.3) is 5.69 Å². The van der Waals surface area contributed by atoms with Gasteiger partial charge < -0.3 is 5.11 Å². The number of non-ortho nitro benzene ring substituents is 1. The van der Waals surface area contributed by atoms with Crippen LogP contribution in [-0.4, -0.2) is 20.0 Å². The molecule has 0 unspecified atom stereocenters. The van der Waals surface area contributed by atoms with E-state index < -0.39 is 4.92 Å². The zero-order valence-electron chi connectivity index (χ0n) is 14.5. The number of benzene rings is 4. The largest absolute Gasteiger partial charge is 0.507 e. The first kappa shape index (κ1) is 16.1. The molecule has 6 nitrogen and oxygen atoms in total. The van der Waals surface area contributed by atoms with Crippen molar-refractivity contribution in [2.24, 2.45) is 0 Å². The van der Waals surface area contributed by atoms with Crippen molar-refractivity contribution in [2.45, 2.75) is 0 Å². The maximum absolute atomic E-state index is 11.2. The summed E-state index contributed by atoms with van der Waals surface area (Å²) in [5, 5.41) is 23.7. The molecule has 0 radical (unpaired) electrons. The van der Waals surface area contributed by atoms with E-state index >= 15 is 0 Å². The highest BCUT2D eigenvalue weighted by molar-refractivity contribution is 6.15. The average Bonchev–Trinajstić information content (AvgIpc) is 2.73. The number of phenols is 1. The third-order valence-corrected chi connectivity index (χ3v) is 4.83. The first-order valence-electron chi connectivity index (χ1n) is 8.68. The van der Waals surface area contributed by atoms with Crippen LogP contribution in [0.5, 0.6) is 5.75 Å². The number of fused-ring (bicyclic) bond motifs is 4. The van der Waals surface area contributed by atoms with Crippen molar-refractivity contribution in [3.8, 4) is 16.9 Å². The smallest absolute Gasteiger partial charge is 0.270 e. The lowest BCUT2D eigenvalue weighted by Gasteiger charge is -2.13. The molecule has 6 heteroatoms. The Labute approximate surface area is 158 Å². The molecule has 0 bridgehead atoms. The van der Waals surface area contributed by atoms with Gasteiger partial charge in [-0.05, 0) is 17.7 Å². The average molecular weight is 367 g/mol. The molecule has 1 aromatic heterocycles. The van der Waals surface area contributed by atoms with E-state index in [9.17, 15) is 15.2 Å². The summed E-state index contributed by atoms with van der Waals surface area (Å²) in [6.07, 6.45) is 0. The molecule has 0 saturated heterocycles. The Morgan fingerprint density at radius 2 is 1.43 bits per heavy atom. The van der Waals surface area contributed by atoms with Crippen LogP contribution in [0.4, 0.5) is 5.69 Å². The lowest BCUT2D eigenvalue weighted by Crippen LogP contribution is -1.94. The number of aromatic nitrogens is 2. The minimum atomic E-state index is -0.454. The minimum absolute atomic E-state index is 0.0354. The molecular formula is C22H13N3O3. The number of para-hydroxylation sites is 2. The summed E-state index contributed by atoms with van der Waals surface area (Å²) in [5.41, 5.74) is 3.51. The van der Waals surface area contributed by atoms with Crippen LogP contribution in [0.15, 0.2) is 72.8 Å². The molecular weight excluding hydrogens is 354 g/mol. The van der Waals surface area contributed by atoms with Crippen molar-refractivity contribution in [3.63, 3.8) is 0 Å². The van der Waals surface area contributed by atoms with Gasteiger partial charge in [-0.1, -0.05) is 48.5 Å². The van der Waals surface area contributed by atoms with E-state index in [1.54, 1.807) is 12.1 Å². The number of hydrogen-bond acceptors (Lipinski definition) is 5. The highest BCUT2D eigenvalue weighted by atomic mass is 16.6. The third kappa shape index (κ3) is 2.35. The zero-order chi connectivity index (χ0) is 19.3. The van der Waals surface area contributed by atoms with Crippen LogP contribution in [0.3, 0.4) is 0 Å². The highest BCUT2D eigenvalue weighted by Crippen LogP contribution is 2.42. The SMILES string of the molecule is O=[N+]([O-])c1cccc(-c2c(O)c3ccccc3c3nc4ccccc4nc23)c1. The van der Waals surface area contributed by atoms with Gasteiger partial charge >= 0.3 is 0 Å². The van der Waals surface area contributed by atoms with E-state index in [4.69, 9.17) is 9.97 Å². The Bertz CT molecular complexity index is 1410. The molecule has 28 heavy (non-hydrogen) atoms. The van der Waals surface area contributed by atoms with Gasteiger partial charge in [0.15, 0.2) is 0 Å². The van der Waals surface area contributed by atoms with Gasteiger partial charge in [0, 0.05) is 22.9 Å². The highest BCUT2D eigenvalue weighted by Gasteiger charge is 2.19. The summed E-state index contributed by atoms with van der Waals surface area (Å²) in [5.74, 6) is 0.0354. The lowest BCUT2D eigenvalue weighted by atomic mass is 9.96. The van der Waals surface area contributed by atoms with Gasteiger partial charge in [0.1, 0.15) is 11.3 Å². The van der Waals surface area contributed by atoms with Crippen LogP contribution in [0, 0.1) is 10.1 Å². The fraction of sp³-hybridized carbons (Fsp3) is 0. The van der Waals surface area contributed by atoms with Crippen LogP contribution in [-0.2, 0) is 0 Å². The van der Waals surface area contributed by atoms with Crippen molar-refractivity contribution >= 4 is 38.5 Å². The van der Waals surface area contributed by atoms with Gasteiger partial charge in [0.05, 0.1) is 27.0 Å². The Hall–Kier alpha value is -4.06. The quantitative estimate of drug-likeness (QED) is 0.200. The van der Waals surface area contributed by atoms with E-state index in [1.807, 2.05) is 48.5 Å². The summed E-state index contributed by atoms with van der Waals surface area (Å²) in [7, 11) is 0. The van der Waals surface area contributed by atoms with Crippen LogP contribution < -0.4 is 0 Å². The number of nitro benzene ring substituents is 1. The molecule has 1 N–H and O–H groups in total. The first-order chi connectivity index (χ1) is 13.6. The van der Waals surface area contributed by atoms with E-state index in [0.29, 0.717) is 33.1 Å². The van der Waals surface area contributed by atoms with E-state index in [-0.39, 0.29) is 11.4 Å². The summed E-state index contributed by atoms with van der Waals surface area (Å²) in [6.45, 7) is 0. The fourth-order valence-corrected chi connectivity index (χ4v) is 3.55. The fourth-order valence-electron chi connectivity index (χ4n) is 3.55. The standard InChI is InChI=1S/C22H13N3O3/c26-22-16-9-2-1-8-15(16)20-21(24-18-11-4-3-10-17(18)23-20)19(22)13-6-5-7-14(12-13)25(27)28/h1-12,26H. The predicted molar refractivity (Wildman–Crippen MR) is 108 cm³/mol. The van der Waals surface area contributed by atoms with Crippen molar-refractivity contribution in [1.29, 1.82) is 0 Å². The summed E-state index contributed by atoms with van der Waals surface area (Å²) < 4.78 is 0. The van der Waals surface area contributed by atoms with E-state index in [1.165, 1.54) is 12.1 Å². The van der Waals surface area contributed by atoms with Crippen molar-refractivity contribution in [1.82, 2.24) is 9.97 Å². The molecule has 5 rings (SSSR count). The Balaban J connectivity index is 1.99. The molecule has 0 amide bonds. The minimum Gasteiger partial charge on any atom is -0.507 e. The summed E-state index contributed by atoms with van der Waals surface area (Å²) in [6, 6.07) is 21.1. The van der Waals surface area contributed by atoms with Crippen LogP contribution >= 0.6 is 0 Å². The van der Waals surface area contributed by atoms with Gasteiger partial charge in [-0.3, -0.25) is 10.1 Å². The molecule has 0 aliphatic rings. The summed E-state index contributed by atoms with van der Waals surface area (Å²) in [4.78, 5) is 20.3. The monoisotopic (exact) mass is 367 g/mol. The van der Waals surface area contributed by atoms with Crippen molar-refractivity contribution < 1.29 is 10.0 Å². The molecule has 134 valence electrons. The van der Waals surface area contributed by atoms with Gasteiger partial charge in [-0.15, -0.1) is 0 Å². The normalized spacial score (nSPS) is 11.3. The molecule has 0 fully saturated rings. The predicted octanol–water partition coefficient (Wildman–Crippen LogP) is 5.22. The molecule has 0 aliphatic carbocycles. The topological polar surface area (TPSA) is 89.2 Å². The zero-order valence-corrected chi connectivity index (χ0v) is 14.5. The lowest BCUT2D eigenvalue weighted by molar-refractivity contribution is -0.384. The Kier molecular flexibility index (Phi) is 3.45. The number of hydrogen-bond donors (Lipinski definition) is 1. The number of nitro groups is 1. The second kappa shape index (κ2) is 5.99. The van der Waals surface area contributed by atoms with E-state index in [0.717, 1.165) is 10.9 Å². The molecule has 0 aliphatic heterocycles. The summed E-state index contributed by atoms with van der Waals surface area (Å²) >= 11 is 0. The number of aromatic hydroxyl groups is 1. The van der Waals surface area contributed by atoms with Gasteiger partial charge in [-0.25, -0.2) is 9.97 Å². The number of phenolic OH excluding ortho intramolecular Hbond substituents is 1. The molecule has 0 spiro atoms. The molecule has 0 atom stereocenters. The van der Waals surface area contributed by atoms with Crippen LogP contribution in [0.25, 0.3) is 44.0 Å². The maximum atomic E-state index is 11.2. The Morgan fingerprint density at radius 3 is 2.14 bits per heavy atom.